The summed E-state index contributed by atoms with van der Waals surface area (Å²) >= 11 is 0. The number of nitrogens with one attached hydrogen (secondary N) is 1. The van der Waals surface area contributed by atoms with Gasteiger partial charge in [-0.3, -0.25) is 9.69 Å². The second-order valence-corrected chi connectivity index (χ2v) is 5.73. The number of carbonyl (C=O) groups is 1. The van der Waals surface area contributed by atoms with Crippen molar-refractivity contribution in [3.8, 4) is 0 Å². The van der Waals surface area contributed by atoms with Crippen LogP contribution in [0.3, 0.4) is 0 Å². The van der Waals surface area contributed by atoms with Gasteiger partial charge in [0, 0.05) is 18.6 Å². The minimum absolute atomic E-state index is 0.188. The zero-order valence-electron chi connectivity index (χ0n) is 10.8. The predicted molar refractivity (Wildman–Crippen MR) is 68.6 cm³/mol. The third kappa shape index (κ3) is 4.28. The first-order valence-electron chi connectivity index (χ1n) is 6.91. The summed E-state index contributed by atoms with van der Waals surface area (Å²) in [5.41, 5.74) is 5.84. The average Bonchev–Trinajstić information content (AvgIpc) is 3.00. The van der Waals surface area contributed by atoms with Crippen LogP contribution >= 0.6 is 0 Å². The van der Waals surface area contributed by atoms with Gasteiger partial charge in [-0.1, -0.05) is 0 Å². The van der Waals surface area contributed by atoms with E-state index in [1.165, 1.54) is 25.7 Å². The van der Waals surface area contributed by atoms with Gasteiger partial charge in [0.05, 0.1) is 6.54 Å². The molecule has 17 heavy (non-hydrogen) atoms. The molecule has 1 amide bonds. The van der Waals surface area contributed by atoms with Gasteiger partial charge in [-0.15, -0.1) is 0 Å². The molecule has 3 N–H and O–H groups in total. The summed E-state index contributed by atoms with van der Waals surface area (Å²) < 4.78 is 0. The molecular weight excluding hydrogens is 214 g/mol. The first kappa shape index (κ1) is 12.8. The Bertz CT molecular complexity index is 263. The zero-order chi connectivity index (χ0) is 12.3. The van der Waals surface area contributed by atoms with Gasteiger partial charge in [0.2, 0.25) is 5.91 Å². The number of hydrogen-bond donors (Lipinski definition) is 2. The van der Waals surface area contributed by atoms with E-state index in [0.29, 0.717) is 12.6 Å². The molecule has 2 unspecified atom stereocenters. The lowest BCUT2D eigenvalue weighted by Gasteiger charge is -2.25. The van der Waals surface area contributed by atoms with E-state index in [4.69, 9.17) is 5.73 Å². The first-order chi connectivity index (χ1) is 8.15. The number of nitrogens with zero attached hydrogens (tertiary/aromatic N) is 1. The summed E-state index contributed by atoms with van der Waals surface area (Å²) in [5.74, 6) is 0.950. The SMILES string of the molecule is CC(N)CC1CCCN1CC(=O)NCC1CC1. The van der Waals surface area contributed by atoms with Crippen LogP contribution in [0.5, 0.6) is 0 Å². The first-order valence-corrected chi connectivity index (χ1v) is 6.91. The van der Waals surface area contributed by atoms with E-state index in [2.05, 4.69) is 10.2 Å². The number of likely N-dealkylation sites (tertiary alicyclic amines) is 1. The minimum Gasteiger partial charge on any atom is -0.355 e. The van der Waals surface area contributed by atoms with Gasteiger partial charge in [0.25, 0.3) is 0 Å². The molecule has 4 heteroatoms. The van der Waals surface area contributed by atoms with Gasteiger partial charge < -0.3 is 11.1 Å². The van der Waals surface area contributed by atoms with Crippen molar-refractivity contribution in [3.05, 3.63) is 0 Å². The van der Waals surface area contributed by atoms with Crippen LogP contribution in [-0.2, 0) is 4.79 Å². The molecule has 0 bridgehead atoms. The predicted octanol–water partition coefficient (Wildman–Crippen LogP) is 0.714. The van der Waals surface area contributed by atoms with E-state index in [1.54, 1.807) is 0 Å². The monoisotopic (exact) mass is 239 g/mol. The Morgan fingerprint density at radius 3 is 2.88 bits per heavy atom. The Morgan fingerprint density at radius 2 is 2.24 bits per heavy atom. The normalized spacial score (nSPS) is 27.1. The van der Waals surface area contributed by atoms with Gasteiger partial charge >= 0.3 is 0 Å². The number of carbonyl (C=O) groups excluding carboxylic acids is 1. The fourth-order valence-electron chi connectivity index (χ4n) is 2.62. The minimum atomic E-state index is 0.188. The highest BCUT2D eigenvalue weighted by Crippen LogP contribution is 2.27. The molecule has 1 aliphatic heterocycles. The van der Waals surface area contributed by atoms with Crippen molar-refractivity contribution >= 4 is 5.91 Å². The fourth-order valence-corrected chi connectivity index (χ4v) is 2.62. The van der Waals surface area contributed by atoms with Crippen molar-refractivity contribution in [2.45, 2.75) is 51.1 Å². The maximum Gasteiger partial charge on any atom is 0.234 e. The fraction of sp³-hybridized carbons (Fsp3) is 0.923. The number of amides is 1. The molecule has 98 valence electrons. The molecule has 2 aliphatic rings. The highest BCUT2D eigenvalue weighted by Gasteiger charge is 2.27. The Morgan fingerprint density at radius 1 is 1.47 bits per heavy atom. The van der Waals surface area contributed by atoms with E-state index in [9.17, 15) is 4.79 Å². The Balaban J connectivity index is 1.70. The maximum absolute atomic E-state index is 11.8. The van der Waals surface area contributed by atoms with E-state index in [0.717, 1.165) is 25.4 Å². The molecule has 0 aromatic heterocycles. The molecule has 1 aliphatic carbocycles. The lowest BCUT2D eigenvalue weighted by Crippen LogP contribution is -2.42. The largest absolute Gasteiger partial charge is 0.355 e. The molecular formula is C13H25N3O. The van der Waals surface area contributed by atoms with Gasteiger partial charge in [0.15, 0.2) is 0 Å². The zero-order valence-corrected chi connectivity index (χ0v) is 10.8. The summed E-state index contributed by atoms with van der Waals surface area (Å²) in [6.45, 7) is 4.53. The number of nitrogens with two attached hydrogens (primary N) is 1. The summed E-state index contributed by atoms with van der Waals surface area (Å²) in [4.78, 5) is 14.1. The molecule has 0 aromatic carbocycles. The lowest BCUT2D eigenvalue weighted by atomic mass is 10.1. The molecule has 1 saturated heterocycles. The third-order valence-corrected chi connectivity index (χ3v) is 3.77. The van der Waals surface area contributed by atoms with E-state index in [1.807, 2.05) is 6.92 Å². The van der Waals surface area contributed by atoms with Crippen molar-refractivity contribution in [2.24, 2.45) is 11.7 Å². The van der Waals surface area contributed by atoms with E-state index in [-0.39, 0.29) is 11.9 Å². The number of rotatable bonds is 6. The third-order valence-electron chi connectivity index (χ3n) is 3.77. The Labute approximate surface area is 104 Å². The second-order valence-electron chi connectivity index (χ2n) is 5.73. The second kappa shape index (κ2) is 5.83. The molecule has 4 nitrogen and oxygen atoms in total. The molecule has 2 atom stereocenters. The quantitative estimate of drug-likeness (QED) is 0.718. The van der Waals surface area contributed by atoms with E-state index >= 15 is 0 Å². The summed E-state index contributed by atoms with van der Waals surface area (Å²) in [7, 11) is 0. The summed E-state index contributed by atoms with van der Waals surface area (Å²) in [6.07, 6.45) is 5.98. The van der Waals surface area contributed by atoms with E-state index < -0.39 is 0 Å². The van der Waals surface area contributed by atoms with Crippen LogP contribution in [0.1, 0.15) is 39.0 Å². The smallest absolute Gasteiger partial charge is 0.234 e. The van der Waals surface area contributed by atoms with Crippen molar-refractivity contribution in [1.29, 1.82) is 0 Å². The molecule has 2 rings (SSSR count). The summed E-state index contributed by atoms with van der Waals surface area (Å²) in [5, 5.41) is 3.03. The molecule has 0 radical (unpaired) electrons. The molecule has 0 spiro atoms. The highest BCUT2D eigenvalue weighted by atomic mass is 16.2. The van der Waals surface area contributed by atoms with Crippen LogP contribution in [-0.4, -0.2) is 42.5 Å². The standard InChI is InChI=1S/C13H25N3O/c1-10(14)7-12-3-2-6-16(12)9-13(17)15-8-11-4-5-11/h10-12H,2-9,14H2,1H3,(H,15,17). The topological polar surface area (TPSA) is 58.4 Å². The Kier molecular flexibility index (Phi) is 4.40. The van der Waals surface area contributed by atoms with Crippen LogP contribution in [0.4, 0.5) is 0 Å². The van der Waals surface area contributed by atoms with Gasteiger partial charge in [0.1, 0.15) is 0 Å². The highest BCUT2D eigenvalue weighted by molar-refractivity contribution is 5.78. The van der Waals surface area contributed by atoms with Crippen molar-refractivity contribution in [1.82, 2.24) is 10.2 Å². The van der Waals surface area contributed by atoms with Gasteiger partial charge in [-0.25, -0.2) is 0 Å². The molecule has 2 fully saturated rings. The van der Waals surface area contributed by atoms with Crippen LogP contribution in [0.2, 0.25) is 0 Å². The molecule has 1 saturated carbocycles. The summed E-state index contributed by atoms with van der Waals surface area (Å²) in [6, 6.07) is 0.747. The van der Waals surface area contributed by atoms with Crippen molar-refractivity contribution in [3.63, 3.8) is 0 Å². The van der Waals surface area contributed by atoms with Crippen LogP contribution < -0.4 is 11.1 Å². The lowest BCUT2D eigenvalue weighted by molar-refractivity contribution is -0.122. The van der Waals surface area contributed by atoms with Crippen molar-refractivity contribution in [2.75, 3.05) is 19.6 Å². The molecule has 0 aromatic rings. The van der Waals surface area contributed by atoms with Crippen molar-refractivity contribution < 1.29 is 4.79 Å². The van der Waals surface area contributed by atoms with Crippen LogP contribution in [0, 0.1) is 5.92 Å². The van der Waals surface area contributed by atoms with Crippen LogP contribution in [0.15, 0.2) is 0 Å². The van der Waals surface area contributed by atoms with Gasteiger partial charge in [-0.05, 0) is 51.5 Å². The molecule has 1 heterocycles. The average molecular weight is 239 g/mol. The maximum atomic E-state index is 11.8. The number of hydrogen-bond acceptors (Lipinski definition) is 3. The van der Waals surface area contributed by atoms with Crippen LogP contribution in [0.25, 0.3) is 0 Å². The Hall–Kier alpha value is -0.610. The van der Waals surface area contributed by atoms with Gasteiger partial charge in [-0.2, -0.15) is 0 Å².